The third kappa shape index (κ3) is 3.39. The van der Waals surface area contributed by atoms with Gasteiger partial charge in [0.1, 0.15) is 0 Å². The standard InChI is InChI=1S/C15H21N3S/c1-10-5-6-14(11(2)7-10)19-15(12(3)16)13-8-17-18(4)9-13/h5-9,12,15H,16H2,1-4H3. The minimum atomic E-state index is 0.0786. The fourth-order valence-corrected chi connectivity index (χ4v) is 3.27. The van der Waals surface area contributed by atoms with Crippen molar-refractivity contribution in [3.63, 3.8) is 0 Å². The van der Waals surface area contributed by atoms with Crippen LogP contribution in [0.2, 0.25) is 0 Å². The van der Waals surface area contributed by atoms with E-state index >= 15 is 0 Å². The zero-order valence-corrected chi connectivity index (χ0v) is 12.7. The highest BCUT2D eigenvalue weighted by Gasteiger charge is 2.20. The molecule has 0 aliphatic heterocycles. The zero-order valence-electron chi connectivity index (χ0n) is 11.9. The summed E-state index contributed by atoms with van der Waals surface area (Å²) in [6.45, 7) is 6.32. The van der Waals surface area contributed by atoms with Crippen molar-refractivity contribution in [2.75, 3.05) is 0 Å². The first-order valence-corrected chi connectivity index (χ1v) is 7.33. The largest absolute Gasteiger partial charge is 0.327 e. The van der Waals surface area contributed by atoms with Crippen molar-refractivity contribution in [3.8, 4) is 0 Å². The maximum absolute atomic E-state index is 6.15. The number of nitrogens with two attached hydrogens (primary N) is 1. The van der Waals surface area contributed by atoms with Crippen molar-refractivity contribution in [1.29, 1.82) is 0 Å². The molecule has 2 atom stereocenters. The van der Waals surface area contributed by atoms with Crippen molar-refractivity contribution >= 4 is 11.8 Å². The van der Waals surface area contributed by atoms with Crippen LogP contribution in [0.1, 0.15) is 28.9 Å². The van der Waals surface area contributed by atoms with E-state index in [1.807, 2.05) is 42.8 Å². The number of hydrogen-bond donors (Lipinski definition) is 1. The maximum Gasteiger partial charge on any atom is 0.0533 e. The number of benzene rings is 1. The first-order chi connectivity index (χ1) is 8.97. The molecule has 0 fully saturated rings. The van der Waals surface area contributed by atoms with Crippen LogP contribution in [0.5, 0.6) is 0 Å². The Kier molecular flexibility index (Phi) is 4.32. The van der Waals surface area contributed by atoms with Crippen molar-refractivity contribution in [2.45, 2.75) is 37.0 Å². The third-order valence-electron chi connectivity index (χ3n) is 3.12. The molecular weight excluding hydrogens is 254 g/mol. The summed E-state index contributed by atoms with van der Waals surface area (Å²) in [4.78, 5) is 1.29. The molecule has 4 heteroatoms. The van der Waals surface area contributed by atoms with Crippen molar-refractivity contribution < 1.29 is 0 Å². The average Bonchev–Trinajstić information content (AvgIpc) is 2.74. The highest BCUT2D eigenvalue weighted by Crippen LogP contribution is 2.38. The third-order valence-corrected chi connectivity index (χ3v) is 4.78. The fourth-order valence-electron chi connectivity index (χ4n) is 2.13. The first kappa shape index (κ1) is 14.2. The molecule has 0 spiro atoms. The van der Waals surface area contributed by atoms with Gasteiger partial charge in [0.2, 0.25) is 0 Å². The quantitative estimate of drug-likeness (QED) is 0.871. The summed E-state index contributed by atoms with van der Waals surface area (Å²) >= 11 is 1.82. The SMILES string of the molecule is Cc1ccc(SC(c2cnn(C)c2)C(C)N)c(C)c1. The van der Waals surface area contributed by atoms with Gasteiger partial charge < -0.3 is 5.73 Å². The number of nitrogens with zero attached hydrogens (tertiary/aromatic N) is 2. The number of aromatic nitrogens is 2. The van der Waals surface area contributed by atoms with E-state index in [1.165, 1.54) is 21.6 Å². The van der Waals surface area contributed by atoms with Crippen LogP contribution in [0, 0.1) is 13.8 Å². The molecule has 0 bridgehead atoms. The Balaban J connectivity index is 2.26. The minimum absolute atomic E-state index is 0.0786. The molecule has 19 heavy (non-hydrogen) atoms. The van der Waals surface area contributed by atoms with E-state index in [0.29, 0.717) is 0 Å². The predicted octanol–water partition coefficient (Wildman–Crippen LogP) is 3.22. The summed E-state index contributed by atoms with van der Waals surface area (Å²) in [5, 5.41) is 4.48. The van der Waals surface area contributed by atoms with E-state index in [2.05, 4.69) is 37.1 Å². The summed E-state index contributed by atoms with van der Waals surface area (Å²) in [7, 11) is 1.93. The van der Waals surface area contributed by atoms with E-state index in [0.717, 1.165) is 0 Å². The Morgan fingerprint density at radius 2 is 2.05 bits per heavy atom. The van der Waals surface area contributed by atoms with Crippen LogP contribution in [0.4, 0.5) is 0 Å². The molecule has 102 valence electrons. The van der Waals surface area contributed by atoms with Gasteiger partial charge in [0, 0.05) is 29.7 Å². The van der Waals surface area contributed by atoms with Gasteiger partial charge in [-0.25, -0.2) is 0 Å². The second kappa shape index (κ2) is 5.80. The van der Waals surface area contributed by atoms with Crippen LogP contribution in [0.25, 0.3) is 0 Å². The summed E-state index contributed by atoms with van der Waals surface area (Å²) < 4.78 is 1.83. The van der Waals surface area contributed by atoms with Crippen LogP contribution in [0.15, 0.2) is 35.5 Å². The molecule has 1 aromatic heterocycles. The van der Waals surface area contributed by atoms with Gasteiger partial charge in [-0.3, -0.25) is 4.68 Å². The lowest BCUT2D eigenvalue weighted by Gasteiger charge is -2.20. The van der Waals surface area contributed by atoms with Crippen LogP contribution >= 0.6 is 11.8 Å². The van der Waals surface area contributed by atoms with Gasteiger partial charge in [-0.05, 0) is 32.4 Å². The van der Waals surface area contributed by atoms with Crippen molar-refractivity contribution in [1.82, 2.24) is 9.78 Å². The van der Waals surface area contributed by atoms with E-state index in [1.54, 1.807) is 0 Å². The summed E-state index contributed by atoms with van der Waals surface area (Å²) in [6.07, 6.45) is 3.95. The van der Waals surface area contributed by atoms with Gasteiger partial charge >= 0.3 is 0 Å². The minimum Gasteiger partial charge on any atom is -0.327 e. The molecule has 0 aliphatic rings. The lowest BCUT2D eigenvalue weighted by molar-refractivity contribution is 0.718. The molecular formula is C15H21N3S. The van der Waals surface area contributed by atoms with Crippen LogP contribution in [-0.2, 0) is 7.05 Å². The van der Waals surface area contributed by atoms with Gasteiger partial charge in [0.15, 0.2) is 0 Å². The highest BCUT2D eigenvalue weighted by molar-refractivity contribution is 7.99. The molecule has 1 aromatic carbocycles. The second-order valence-electron chi connectivity index (χ2n) is 5.11. The molecule has 0 saturated carbocycles. The number of rotatable bonds is 4. The number of aryl methyl sites for hydroxylation is 3. The van der Waals surface area contributed by atoms with Crippen LogP contribution in [-0.4, -0.2) is 15.8 Å². The van der Waals surface area contributed by atoms with E-state index in [4.69, 9.17) is 5.73 Å². The van der Waals surface area contributed by atoms with E-state index in [-0.39, 0.29) is 11.3 Å². The van der Waals surface area contributed by atoms with Crippen molar-refractivity contribution in [2.24, 2.45) is 12.8 Å². The summed E-state index contributed by atoms with van der Waals surface area (Å²) in [5.74, 6) is 0. The molecule has 2 aromatic rings. The van der Waals surface area contributed by atoms with Gasteiger partial charge in [-0.2, -0.15) is 5.10 Å². The van der Waals surface area contributed by atoms with E-state index < -0.39 is 0 Å². The summed E-state index contributed by atoms with van der Waals surface area (Å²) in [5.41, 5.74) is 9.93. The van der Waals surface area contributed by atoms with Gasteiger partial charge in [-0.1, -0.05) is 17.7 Å². The predicted molar refractivity (Wildman–Crippen MR) is 81.4 cm³/mol. The molecule has 2 N–H and O–H groups in total. The molecule has 3 nitrogen and oxygen atoms in total. The Morgan fingerprint density at radius 1 is 1.32 bits per heavy atom. The Bertz CT molecular complexity index is 560. The normalized spacial score (nSPS) is 14.4. The topological polar surface area (TPSA) is 43.8 Å². The first-order valence-electron chi connectivity index (χ1n) is 6.45. The molecule has 0 aliphatic carbocycles. The zero-order chi connectivity index (χ0) is 14.0. The second-order valence-corrected chi connectivity index (χ2v) is 6.30. The maximum atomic E-state index is 6.15. The fraction of sp³-hybridized carbons (Fsp3) is 0.400. The Labute approximate surface area is 119 Å². The lowest BCUT2D eigenvalue weighted by Crippen LogP contribution is -2.22. The van der Waals surface area contributed by atoms with Gasteiger partial charge in [0.05, 0.1) is 11.4 Å². The highest BCUT2D eigenvalue weighted by atomic mass is 32.2. The van der Waals surface area contributed by atoms with Gasteiger partial charge in [-0.15, -0.1) is 11.8 Å². The average molecular weight is 275 g/mol. The van der Waals surface area contributed by atoms with Gasteiger partial charge in [0.25, 0.3) is 0 Å². The molecule has 0 saturated heterocycles. The molecule has 2 unspecified atom stereocenters. The van der Waals surface area contributed by atoms with Crippen LogP contribution in [0.3, 0.4) is 0 Å². The molecule has 1 heterocycles. The Morgan fingerprint density at radius 3 is 2.58 bits per heavy atom. The van der Waals surface area contributed by atoms with E-state index in [9.17, 15) is 0 Å². The monoisotopic (exact) mass is 275 g/mol. The smallest absolute Gasteiger partial charge is 0.0533 e. The lowest BCUT2D eigenvalue weighted by atomic mass is 10.1. The molecule has 0 amide bonds. The summed E-state index contributed by atoms with van der Waals surface area (Å²) in [6, 6.07) is 6.62. The number of hydrogen-bond acceptors (Lipinski definition) is 3. The number of thioether (sulfide) groups is 1. The Hall–Kier alpha value is -1.26. The van der Waals surface area contributed by atoms with Crippen molar-refractivity contribution in [3.05, 3.63) is 47.3 Å². The van der Waals surface area contributed by atoms with Crippen LogP contribution < -0.4 is 5.73 Å². The molecule has 2 rings (SSSR count). The molecule has 0 radical (unpaired) electrons.